The van der Waals surface area contributed by atoms with Crippen molar-refractivity contribution in [1.29, 1.82) is 0 Å². The van der Waals surface area contributed by atoms with Crippen molar-refractivity contribution < 1.29 is 14.3 Å². The summed E-state index contributed by atoms with van der Waals surface area (Å²) in [5.74, 6) is -0.273. The summed E-state index contributed by atoms with van der Waals surface area (Å²) in [6.07, 6.45) is 4.12. The third-order valence-electron chi connectivity index (χ3n) is 4.33. The molecule has 0 fully saturated rings. The van der Waals surface area contributed by atoms with E-state index in [1.807, 2.05) is 18.2 Å². The normalized spacial score (nSPS) is 11.1. The number of nitrogens with one attached hydrogen (secondary N) is 1. The Morgan fingerprint density at radius 1 is 1.11 bits per heavy atom. The molecule has 0 saturated carbocycles. The van der Waals surface area contributed by atoms with E-state index >= 15 is 0 Å². The highest BCUT2D eigenvalue weighted by Crippen LogP contribution is 2.22. The van der Waals surface area contributed by atoms with Crippen molar-refractivity contribution in [1.82, 2.24) is 19.7 Å². The predicted molar refractivity (Wildman–Crippen MR) is 105 cm³/mol. The summed E-state index contributed by atoms with van der Waals surface area (Å²) in [7, 11) is 3.22. The standard InChI is InChI=1S/C20H24N4O4/c1-27-11-6-9-21-19(25)16-13-23(10-12-28-2)14-17-18(16)22-24(20(17)26)15-7-4-3-5-8-15/h3-5,7-8,13-14H,6,9-12H2,1-2H3,(H,21,25). The van der Waals surface area contributed by atoms with Crippen LogP contribution in [-0.4, -0.2) is 54.2 Å². The number of para-hydroxylation sites is 1. The zero-order chi connectivity index (χ0) is 19.9. The topological polar surface area (TPSA) is 87.4 Å². The predicted octanol–water partition coefficient (Wildman–Crippen LogP) is 1.55. The number of amides is 1. The molecule has 1 N–H and O–H groups in total. The second kappa shape index (κ2) is 9.29. The fourth-order valence-corrected chi connectivity index (χ4v) is 2.91. The third-order valence-corrected chi connectivity index (χ3v) is 4.33. The van der Waals surface area contributed by atoms with Gasteiger partial charge in [0.1, 0.15) is 5.69 Å². The van der Waals surface area contributed by atoms with Crippen molar-refractivity contribution in [3.8, 4) is 16.9 Å². The van der Waals surface area contributed by atoms with E-state index in [1.165, 1.54) is 4.68 Å². The van der Waals surface area contributed by atoms with Gasteiger partial charge < -0.3 is 19.4 Å². The number of fused-ring (bicyclic) bond motifs is 1. The van der Waals surface area contributed by atoms with E-state index < -0.39 is 0 Å². The molecule has 0 bridgehead atoms. The van der Waals surface area contributed by atoms with Crippen molar-refractivity contribution in [2.75, 3.05) is 34.0 Å². The van der Waals surface area contributed by atoms with Crippen LogP contribution in [0.4, 0.5) is 0 Å². The molecule has 0 radical (unpaired) electrons. The highest BCUT2D eigenvalue weighted by molar-refractivity contribution is 5.99. The number of aromatic nitrogens is 3. The average molecular weight is 384 g/mol. The molecule has 148 valence electrons. The largest absolute Gasteiger partial charge is 0.385 e. The minimum Gasteiger partial charge on any atom is -0.385 e. The van der Waals surface area contributed by atoms with Crippen LogP contribution < -0.4 is 10.9 Å². The maximum atomic E-state index is 12.9. The zero-order valence-electron chi connectivity index (χ0n) is 16.1. The minimum absolute atomic E-state index is 0.263. The molecule has 3 rings (SSSR count). The molecule has 8 heteroatoms. The summed E-state index contributed by atoms with van der Waals surface area (Å²) in [6.45, 7) is 2.02. The molecule has 1 amide bonds. The Balaban J connectivity index is 2.02. The van der Waals surface area contributed by atoms with Crippen molar-refractivity contribution in [2.45, 2.75) is 13.0 Å². The molecule has 1 aromatic carbocycles. The van der Waals surface area contributed by atoms with Crippen LogP contribution in [0.25, 0.3) is 16.9 Å². The molecular formula is C20H24N4O4. The van der Waals surface area contributed by atoms with Gasteiger partial charge in [-0.25, -0.2) is 0 Å². The van der Waals surface area contributed by atoms with Gasteiger partial charge in [-0.2, -0.15) is 9.78 Å². The van der Waals surface area contributed by atoms with Crippen molar-refractivity contribution in [3.63, 3.8) is 0 Å². The highest BCUT2D eigenvalue weighted by atomic mass is 16.5. The Hall–Kier alpha value is -2.97. The number of methoxy groups -OCH3 is 2. The van der Waals surface area contributed by atoms with E-state index in [1.54, 1.807) is 43.3 Å². The lowest BCUT2D eigenvalue weighted by atomic mass is 10.1. The van der Waals surface area contributed by atoms with Crippen LogP contribution in [0, 0.1) is 0 Å². The maximum Gasteiger partial charge on any atom is 0.282 e. The first-order valence-electron chi connectivity index (χ1n) is 9.10. The van der Waals surface area contributed by atoms with Crippen molar-refractivity contribution in [3.05, 3.63) is 58.6 Å². The molecule has 2 heterocycles. The molecule has 0 unspecified atom stereocenters. The number of pyridine rings is 1. The van der Waals surface area contributed by atoms with Crippen LogP contribution >= 0.6 is 0 Å². The molecule has 8 nitrogen and oxygen atoms in total. The van der Waals surface area contributed by atoms with Crippen molar-refractivity contribution >= 4 is 5.91 Å². The number of carbonyl (C=O) groups excluding carboxylic acids is 1. The molecule has 0 saturated heterocycles. The smallest absolute Gasteiger partial charge is 0.282 e. The minimum atomic E-state index is -0.273. The summed E-state index contributed by atoms with van der Waals surface area (Å²) in [4.78, 5) is 25.7. The van der Waals surface area contributed by atoms with E-state index in [0.29, 0.717) is 55.2 Å². The number of rotatable bonds is 9. The Kier molecular flexibility index (Phi) is 6.57. The fraction of sp³-hybridized carbons (Fsp3) is 0.350. The van der Waals surface area contributed by atoms with Gasteiger partial charge in [0.05, 0.1) is 23.4 Å². The zero-order valence-corrected chi connectivity index (χ0v) is 16.1. The summed E-state index contributed by atoms with van der Waals surface area (Å²) in [5, 5.41) is 7.31. The first kappa shape index (κ1) is 19.8. The number of carbonyl (C=O) groups is 1. The van der Waals surface area contributed by atoms with Gasteiger partial charge >= 0.3 is 0 Å². The molecule has 2 aliphatic rings. The van der Waals surface area contributed by atoms with Gasteiger partial charge in [-0.15, -0.1) is 0 Å². The number of hydrogen-bond donors (Lipinski definition) is 1. The quantitative estimate of drug-likeness (QED) is 0.566. The molecule has 28 heavy (non-hydrogen) atoms. The number of hydrogen-bond acceptors (Lipinski definition) is 5. The Morgan fingerprint density at radius 3 is 2.57 bits per heavy atom. The third kappa shape index (κ3) is 4.29. The lowest BCUT2D eigenvalue weighted by molar-refractivity contribution is 0.0948. The maximum absolute atomic E-state index is 12.9. The van der Waals surface area contributed by atoms with Gasteiger partial charge in [-0.1, -0.05) is 18.2 Å². The molecule has 2 aliphatic heterocycles. The van der Waals surface area contributed by atoms with E-state index in [2.05, 4.69) is 10.4 Å². The molecular weight excluding hydrogens is 360 g/mol. The Bertz CT molecular complexity index is 949. The first-order chi connectivity index (χ1) is 13.7. The van der Waals surface area contributed by atoms with Crippen LogP contribution in [-0.2, 0) is 16.0 Å². The van der Waals surface area contributed by atoms with Crippen LogP contribution in [0.1, 0.15) is 16.8 Å². The monoisotopic (exact) mass is 384 g/mol. The first-order valence-corrected chi connectivity index (χ1v) is 9.10. The summed E-state index contributed by atoms with van der Waals surface area (Å²) < 4.78 is 13.2. The molecule has 0 aliphatic carbocycles. The molecule has 1 aromatic rings. The van der Waals surface area contributed by atoms with Gasteiger partial charge in [0, 0.05) is 46.3 Å². The van der Waals surface area contributed by atoms with E-state index in [4.69, 9.17) is 9.47 Å². The summed E-state index contributed by atoms with van der Waals surface area (Å²) in [6, 6.07) is 9.15. The van der Waals surface area contributed by atoms with Crippen LogP contribution in [0.2, 0.25) is 0 Å². The molecule has 0 spiro atoms. The van der Waals surface area contributed by atoms with Crippen molar-refractivity contribution in [2.24, 2.45) is 0 Å². The second-order valence-electron chi connectivity index (χ2n) is 6.32. The molecule has 0 aromatic heterocycles. The van der Waals surface area contributed by atoms with Crippen LogP contribution in [0.15, 0.2) is 47.5 Å². The SMILES string of the molecule is COCCCNC(=O)c1cn(CCOC)cc2c(=O)n(-c3ccccc3)nc1-2. The number of benzene rings is 1. The number of nitrogens with zero attached hydrogens (tertiary/aromatic N) is 3. The van der Waals surface area contributed by atoms with Gasteiger partial charge in [-0.05, 0) is 18.6 Å². The molecule has 0 atom stereocenters. The average Bonchev–Trinajstić information content (AvgIpc) is 3.06. The second-order valence-corrected chi connectivity index (χ2v) is 6.32. The fourth-order valence-electron chi connectivity index (χ4n) is 2.91. The lowest BCUT2D eigenvalue weighted by Gasteiger charge is -2.12. The van der Waals surface area contributed by atoms with Gasteiger partial charge in [0.2, 0.25) is 0 Å². The summed E-state index contributed by atoms with van der Waals surface area (Å²) in [5.41, 5.74) is 1.52. The number of ether oxygens (including phenoxy) is 2. The van der Waals surface area contributed by atoms with Gasteiger partial charge in [0.25, 0.3) is 11.5 Å². The Labute approximate surface area is 163 Å². The van der Waals surface area contributed by atoms with Gasteiger partial charge in [0.15, 0.2) is 0 Å². The highest BCUT2D eigenvalue weighted by Gasteiger charge is 2.24. The van der Waals surface area contributed by atoms with E-state index in [0.717, 1.165) is 0 Å². The van der Waals surface area contributed by atoms with Crippen LogP contribution in [0.3, 0.4) is 0 Å². The summed E-state index contributed by atoms with van der Waals surface area (Å²) >= 11 is 0. The van der Waals surface area contributed by atoms with Crippen LogP contribution in [0.5, 0.6) is 0 Å². The van der Waals surface area contributed by atoms with E-state index in [9.17, 15) is 9.59 Å². The van der Waals surface area contributed by atoms with Gasteiger partial charge in [-0.3, -0.25) is 9.59 Å². The lowest BCUT2D eigenvalue weighted by Crippen LogP contribution is -2.27. The Morgan fingerprint density at radius 2 is 1.86 bits per heavy atom. The van der Waals surface area contributed by atoms with E-state index in [-0.39, 0.29) is 11.5 Å².